The summed E-state index contributed by atoms with van der Waals surface area (Å²) in [6, 6.07) is 12.0. The van der Waals surface area contributed by atoms with Crippen molar-refractivity contribution in [2.24, 2.45) is 0 Å². The number of nitrogens with zero attached hydrogens (tertiary/aromatic N) is 1. The van der Waals surface area contributed by atoms with Crippen LogP contribution in [0.15, 0.2) is 48.5 Å². The van der Waals surface area contributed by atoms with E-state index in [9.17, 15) is 19.2 Å². The highest BCUT2D eigenvalue weighted by atomic mass is 35.5. The second-order valence-electron chi connectivity index (χ2n) is 7.16. The molecule has 11 heteroatoms. The van der Waals surface area contributed by atoms with Gasteiger partial charge in [-0.25, -0.2) is 9.59 Å². The van der Waals surface area contributed by atoms with Crippen LogP contribution in [-0.4, -0.2) is 51.6 Å². The van der Waals surface area contributed by atoms with Crippen molar-refractivity contribution in [2.75, 3.05) is 6.54 Å². The van der Waals surface area contributed by atoms with Gasteiger partial charge in [0.1, 0.15) is 6.04 Å². The van der Waals surface area contributed by atoms with Crippen LogP contribution >= 0.6 is 23.2 Å². The highest BCUT2D eigenvalue weighted by molar-refractivity contribution is 6.30. The molecule has 2 aromatic carbocycles. The number of hydrogen-bond donors (Lipinski definition) is 4. The first-order valence-electron chi connectivity index (χ1n) is 9.89. The summed E-state index contributed by atoms with van der Waals surface area (Å²) < 4.78 is 0. The minimum Gasteiger partial charge on any atom is -0.481 e. The fourth-order valence-electron chi connectivity index (χ4n) is 2.86. The molecule has 0 heterocycles. The monoisotopic (exact) mass is 495 g/mol. The van der Waals surface area contributed by atoms with Crippen LogP contribution in [0.1, 0.15) is 24.0 Å². The molecule has 0 aliphatic carbocycles. The Labute approximate surface area is 200 Å². The average Bonchev–Trinajstić information content (AvgIpc) is 2.77. The standard InChI is InChI=1S/C22H23Cl2N3O6/c23-16-5-1-14(2-6-16)12-27(13-15-3-7-17(24)8-4-15)22(33)25-11-19(28)26-18(21(31)32)9-10-20(29)30/h1-8,18H,9-13H2,(H,25,33)(H,26,28)(H,29,30)(H,31,32)/t18-/m1/s1. The number of nitrogens with one attached hydrogen (secondary N) is 2. The SMILES string of the molecule is O=C(O)CC[C@@H](NC(=O)CNC(=O)N(Cc1ccc(Cl)cc1)Cc1ccc(Cl)cc1)C(=O)O. The van der Waals surface area contributed by atoms with Gasteiger partial charge in [-0.05, 0) is 41.8 Å². The summed E-state index contributed by atoms with van der Waals surface area (Å²) in [5, 5.41) is 23.6. The molecule has 0 unspecified atom stereocenters. The molecule has 0 bridgehead atoms. The highest BCUT2D eigenvalue weighted by Gasteiger charge is 2.22. The molecule has 176 valence electrons. The molecule has 0 aliphatic heterocycles. The van der Waals surface area contributed by atoms with Crippen LogP contribution in [0, 0.1) is 0 Å². The molecule has 1 atom stereocenters. The Morgan fingerprint density at radius 1 is 0.848 bits per heavy atom. The summed E-state index contributed by atoms with van der Waals surface area (Å²) >= 11 is 11.8. The third kappa shape index (κ3) is 9.38. The molecule has 33 heavy (non-hydrogen) atoms. The van der Waals surface area contributed by atoms with E-state index < -0.39 is 42.9 Å². The number of hydrogen-bond acceptors (Lipinski definition) is 4. The Bertz CT molecular complexity index is 935. The molecule has 0 spiro atoms. The van der Waals surface area contributed by atoms with Gasteiger partial charge in [0.2, 0.25) is 5.91 Å². The lowest BCUT2D eigenvalue weighted by atomic mass is 10.1. The molecule has 0 radical (unpaired) electrons. The fraction of sp³-hybridized carbons (Fsp3) is 0.273. The summed E-state index contributed by atoms with van der Waals surface area (Å²) in [5.41, 5.74) is 1.63. The molecule has 0 saturated carbocycles. The van der Waals surface area contributed by atoms with Crippen LogP contribution in [0.2, 0.25) is 10.0 Å². The van der Waals surface area contributed by atoms with E-state index in [0.717, 1.165) is 11.1 Å². The van der Waals surface area contributed by atoms with Crippen LogP contribution in [0.5, 0.6) is 0 Å². The molecular formula is C22H23Cl2N3O6. The maximum Gasteiger partial charge on any atom is 0.326 e. The number of urea groups is 1. The molecule has 0 aromatic heterocycles. The number of carbonyl (C=O) groups is 4. The topological polar surface area (TPSA) is 136 Å². The number of amides is 3. The van der Waals surface area contributed by atoms with Crippen molar-refractivity contribution >= 4 is 47.1 Å². The van der Waals surface area contributed by atoms with Gasteiger partial charge < -0.3 is 25.7 Å². The van der Waals surface area contributed by atoms with Crippen molar-refractivity contribution in [3.8, 4) is 0 Å². The number of rotatable bonds is 11. The molecule has 9 nitrogen and oxygen atoms in total. The lowest BCUT2D eigenvalue weighted by molar-refractivity contribution is -0.142. The molecule has 2 rings (SSSR count). The van der Waals surface area contributed by atoms with Gasteiger partial charge >= 0.3 is 18.0 Å². The van der Waals surface area contributed by atoms with E-state index in [4.69, 9.17) is 33.4 Å². The van der Waals surface area contributed by atoms with Gasteiger partial charge in [-0.1, -0.05) is 47.5 Å². The average molecular weight is 496 g/mol. The maximum atomic E-state index is 12.8. The Hall–Kier alpha value is -3.30. The summed E-state index contributed by atoms with van der Waals surface area (Å²) in [6.07, 6.45) is -0.691. The summed E-state index contributed by atoms with van der Waals surface area (Å²) in [5.74, 6) is -3.29. The Morgan fingerprint density at radius 3 is 1.76 bits per heavy atom. The van der Waals surface area contributed by atoms with E-state index >= 15 is 0 Å². The zero-order chi connectivity index (χ0) is 24.4. The maximum absolute atomic E-state index is 12.8. The number of carbonyl (C=O) groups excluding carboxylic acids is 2. The van der Waals surface area contributed by atoms with Gasteiger partial charge in [-0.15, -0.1) is 0 Å². The Kier molecular flexibility index (Phi) is 9.96. The zero-order valence-corrected chi connectivity index (χ0v) is 19.0. The molecule has 0 aliphatic rings. The largest absolute Gasteiger partial charge is 0.481 e. The van der Waals surface area contributed by atoms with E-state index in [1.807, 2.05) is 0 Å². The zero-order valence-electron chi connectivity index (χ0n) is 17.5. The van der Waals surface area contributed by atoms with Gasteiger partial charge in [-0.3, -0.25) is 9.59 Å². The van der Waals surface area contributed by atoms with Crippen molar-refractivity contribution in [1.82, 2.24) is 15.5 Å². The predicted octanol–water partition coefficient (Wildman–Crippen LogP) is 3.14. The number of carboxylic acid groups (broad SMARTS) is 2. The van der Waals surface area contributed by atoms with E-state index in [1.54, 1.807) is 48.5 Å². The number of aliphatic carboxylic acids is 2. The first kappa shape index (κ1) is 26.0. The van der Waals surface area contributed by atoms with Gasteiger partial charge in [0, 0.05) is 29.6 Å². The third-order valence-electron chi connectivity index (χ3n) is 4.54. The smallest absolute Gasteiger partial charge is 0.326 e. The van der Waals surface area contributed by atoms with Crippen molar-refractivity contribution in [3.05, 3.63) is 69.7 Å². The van der Waals surface area contributed by atoms with Crippen LogP contribution in [-0.2, 0) is 27.5 Å². The molecule has 0 fully saturated rings. The number of carboxylic acids is 2. The van der Waals surface area contributed by atoms with Gasteiger partial charge in [-0.2, -0.15) is 0 Å². The van der Waals surface area contributed by atoms with Crippen molar-refractivity contribution in [3.63, 3.8) is 0 Å². The minimum absolute atomic E-state index is 0.226. The normalized spacial score (nSPS) is 11.3. The van der Waals surface area contributed by atoms with Crippen LogP contribution in [0.25, 0.3) is 0 Å². The van der Waals surface area contributed by atoms with E-state index in [1.165, 1.54) is 4.90 Å². The number of benzene rings is 2. The molecule has 0 saturated heterocycles. The van der Waals surface area contributed by atoms with Crippen molar-refractivity contribution < 1.29 is 29.4 Å². The van der Waals surface area contributed by atoms with E-state index in [2.05, 4.69) is 10.6 Å². The lowest BCUT2D eigenvalue weighted by Crippen LogP contribution is -2.48. The van der Waals surface area contributed by atoms with Crippen molar-refractivity contribution in [2.45, 2.75) is 32.0 Å². The van der Waals surface area contributed by atoms with E-state index in [-0.39, 0.29) is 19.5 Å². The Morgan fingerprint density at radius 2 is 1.33 bits per heavy atom. The molecule has 2 aromatic rings. The molecular weight excluding hydrogens is 473 g/mol. The quantitative estimate of drug-likeness (QED) is 0.378. The van der Waals surface area contributed by atoms with Gasteiger partial charge in [0.05, 0.1) is 6.54 Å². The van der Waals surface area contributed by atoms with Gasteiger partial charge in [0.15, 0.2) is 0 Å². The Balaban J connectivity index is 2.02. The van der Waals surface area contributed by atoms with Crippen LogP contribution in [0.4, 0.5) is 4.79 Å². The molecule has 3 amide bonds. The molecule has 4 N–H and O–H groups in total. The first-order chi connectivity index (χ1) is 15.6. The van der Waals surface area contributed by atoms with Gasteiger partial charge in [0.25, 0.3) is 0 Å². The second-order valence-corrected chi connectivity index (χ2v) is 8.03. The van der Waals surface area contributed by atoms with E-state index in [0.29, 0.717) is 10.0 Å². The summed E-state index contributed by atoms with van der Waals surface area (Å²) in [7, 11) is 0. The lowest BCUT2D eigenvalue weighted by Gasteiger charge is -2.24. The minimum atomic E-state index is -1.37. The number of halogens is 2. The summed E-state index contributed by atoms with van der Waals surface area (Å²) in [6.45, 7) is -0.0271. The van der Waals surface area contributed by atoms with Crippen LogP contribution in [0.3, 0.4) is 0 Å². The summed E-state index contributed by atoms with van der Waals surface area (Å²) in [4.78, 5) is 48.3. The van der Waals surface area contributed by atoms with Crippen LogP contribution < -0.4 is 10.6 Å². The second kappa shape index (κ2) is 12.7. The highest BCUT2D eigenvalue weighted by Crippen LogP contribution is 2.15. The predicted molar refractivity (Wildman–Crippen MR) is 122 cm³/mol. The fourth-order valence-corrected chi connectivity index (χ4v) is 3.11. The van der Waals surface area contributed by atoms with Crippen molar-refractivity contribution in [1.29, 1.82) is 0 Å². The third-order valence-corrected chi connectivity index (χ3v) is 5.04. The first-order valence-corrected chi connectivity index (χ1v) is 10.6.